The number of carbonyl (C=O) groups is 2. The van der Waals surface area contributed by atoms with Crippen LogP contribution < -0.4 is 0 Å². The summed E-state index contributed by atoms with van der Waals surface area (Å²) in [7, 11) is 0. The van der Waals surface area contributed by atoms with Gasteiger partial charge in [-0.15, -0.1) is 0 Å². The lowest BCUT2D eigenvalue weighted by Gasteiger charge is -1.99. The van der Waals surface area contributed by atoms with Gasteiger partial charge in [0.2, 0.25) is 0 Å². The first kappa shape index (κ1) is 17.2. The summed E-state index contributed by atoms with van der Waals surface area (Å²) in [6.45, 7) is 5.41. The molecule has 0 aromatic heterocycles. The van der Waals surface area contributed by atoms with Crippen LogP contribution in [-0.4, -0.2) is 11.9 Å². The third kappa shape index (κ3) is 4.92. The molecule has 0 amide bonds. The van der Waals surface area contributed by atoms with Crippen molar-refractivity contribution >= 4 is 24.1 Å². The summed E-state index contributed by atoms with van der Waals surface area (Å²) < 4.78 is 4.42. The van der Waals surface area contributed by atoms with Crippen molar-refractivity contribution < 1.29 is 14.3 Å². The van der Waals surface area contributed by atoms with Crippen molar-refractivity contribution in [3.8, 4) is 0 Å². The molecule has 0 atom stereocenters. The highest BCUT2D eigenvalue weighted by atomic mass is 16.6. The van der Waals surface area contributed by atoms with E-state index in [9.17, 15) is 9.59 Å². The summed E-state index contributed by atoms with van der Waals surface area (Å²) in [5.41, 5.74) is 3.21. The zero-order chi connectivity index (χ0) is 17.4. The number of rotatable bonds is 3. The monoisotopic (exact) mass is 318 g/mol. The lowest BCUT2D eigenvalue weighted by Crippen LogP contribution is -2.02. The molecule has 0 saturated heterocycles. The normalized spacial score (nSPS) is 13.5. The molecular weight excluding hydrogens is 300 g/mol. The molecule has 3 heteroatoms. The van der Waals surface area contributed by atoms with E-state index in [0.29, 0.717) is 5.57 Å². The molecule has 2 aromatic rings. The van der Waals surface area contributed by atoms with Crippen LogP contribution in [-0.2, 0) is 14.3 Å². The first-order chi connectivity index (χ1) is 11.6. The Labute approximate surface area is 141 Å². The topological polar surface area (TPSA) is 43.4 Å². The Hall–Kier alpha value is -3.20. The summed E-state index contributed by atoms with van der Waals surface area (Å²) in [4.78, 5) is 22.1. The number of esters is 2. The zero-order valence-electron chi connectivity index (χ0n) is 13.4. The molecule has 0 N–H and O–H groups in total. The van der Waals surface area contributed by atoms with E-state index in [-0.39, 0.29) is 0 Å². The lowest BCUT2D eigenvalue weighted by molar-refractivity contribution is -0.150. The van der Waals surface area contributed by atoms with Gasteiger partial charge in [-0.25, -0.2) is 9.59 Å². The highest BCUT2D eigenvalue weighted by Crippen LogP contribution is 2.19. The second-order valence-electron chi connectivity index (χ2n) is 5.12. The van der Waals surface area contributed by atoms with Crippen LogP contribution in [0.15, 0.2) is 84.5 Å². The van der Waals surface area contributed by atoms with Crippen molar-refractivity contribution in [3.05, 3.63) is 95.6 Å². The standard InChI is InChI=1S/C13H10O3.C8H8/c1-9(7-10-5-3-2-4-6-10)11-8-12(14)16-13(11)15;1-2-8-6-4-3-5-7-8/h2-8H,1H3;2-7H,1H2. The van der Waals surface area contributed by atoms with Crippen molar-refractivity contribution in [2.24, 2.45) is 0 Å². The van der Waals surface area contributed by atoms with Gasteiger partial charge in [0, 0.05) is 6.08 Å². The summed E-state index contributed by atoms with van der Waals surface area (Å²) in [6.07, 6.45) is 4.89. The van der Waals surface area contributed by atoms with Gasteiger partial charge in [0.05, 0.1) is 5.57 Å². The predicted molar refractivity (Wildman–Crippen MR) is 95.8 cm³/mol. The second kappa shape index (κ2) is 8.44. The first-order valence-electron chi connectivity index (χ1n) is 7.49. The molecule has 0 saturated carbocycles. The fraction of sp³-hybridized carbons (Fsp3) is 0.0476. The van der Waals surface area contributed by atoms with Gasteiger partial charge >= 0.3 is 11.9 Å². The van der Waals surface area contributed by atoms with E-state index in [1.165, 1.54) is 11.6 Å². The van der Waals surface area contributed by atoms with Gasteiger partial charge in [-0.05, 0) is 23.6 Å². The minimum Gasteiger partial charge on any atom is -0.386 e. The number of carbonyl (C=O) groups excluding carboxylic acids is 2. The summed E-state index contributed by atoms with van der Waals surface area (Å²) in [5, 5.41) is 0. The maximum Gasteiger partial charge on any atom is 0.346 e. The van der Waals surface area contributed by atoms with Crippen LogP contribution in [0.25, 0.3) is 12.2 Å². The van der Waals surface area contributed by atoms with E-state index in [1.54, 1.807) is 6.92 Å². The molecule has 1 heterocycles. The molecule has 0 radical (unpaired) electrons. The van der Waals surface area contributed by atoms with E-state index in [0.717, 1.165) is 11.1 Å². The molecular formula is C21H18O3. The largest absolute Gasteiger partial charge is 0.386 e. The van der Waals surface area contributed by atoms with Gasteiger partial charge in [0.25, 0.3) is 0 Å². The highest BCUT2D eigenvalue weighted by molar-refractivity contribution is 6.12. The van der Waals surface area contributed by atoms with Crippen molar-refractivity contribution in [3.63, 3.8) is 0 Å². The maximum absolute atomic E-state index is 11.3. The molecule has 1 aliphatic heterocycles. The fourth-order valence-corrected chi connectivity index (χ4v) is 2.09. The SMILES string of the molecule is C=Cc1ccccc1.CC(=Cc1ccccc1)C1=CC(=O)OC1=O. The summed E-state index contributed by atoms with van der Waals surface area (Å²) in [6, 6.07) is 19.6. The molecule has 0 fully saturated rings. The number of cyclic esters (lactones) is 2. The smallest absolute Gasteiger partial charge is 0.346 e. The van der Waals surface area contributed by atoms with E-state index < -0.39 is 11.9 Å². The first-order valence-corrected chi connectivity index (χ1v) is 7.49. The Morgan fingerprint density at radius 3 is 1.88 bits per heavy atom. The minimum absolute atomic E-state index is 0.328. The average Bonchev–Trinajstić information content (AvgIpc) is 2.95. The number of ether oxygens (including phenoxy) is 1. The Bertz CT molecular complexity index is 784. The predicted octanol–water partition coefficient (Wildman–Crippen LogP) is 4.43. The Morgan fingerprint density at radius 2 is 1.46 bits per heavy atom. The molecule has 3 rings (SSSR count). The van der Waals surface area contributed by atoms with Gasteiger partial charge in [-0.1, -0.05) is 79.4 Å². The Morgan fingerprint density at radius 1 is 0.917 bits per heavy atom. The second-order valence-corrected chi connectivity index (χ2v) is 5.12. The lowest BCUT2D eigenvalue weighted by atomic mass is 10.1. The van der Waals surface area contributed by atoms with E-state index in [2.05, 4.69) is 11.3 Å². The summed E-state index contributed by atoms with van der Waals surface area (Å²) in [5.74, 6) is -1.17. The molecule has 0 unspecified atom stereocenters. The maximum atomic E-state index is 11.3. The molecule has 2 aromatic carbocycles. The molecule has 0 aliphatic carbocycles. The van der Waals surface area contributed by atoms with Crippen LogP contribution in [0.2, 0.25) is 0 Å². The molecule has 120 valence electrons. The van der Waals surface area contributed by atoms with Crippen LogP contribution in [0.3, 0.4) is 0 Å². The van der Waals surface area contributed by atoms with Crippen LogP contribution in [0.4, 0.5) is 0 Å². The third-order valence-electron chi connectivity index (χ3n) is 3.32. The van der Waals surface area contributed by atoms with E-state index >= 15 is 0 Å². The highest BCUT2D eigenvalue weighted by Gasteiger charge is 2.24. The van der Waals surface area contributed by atoms with Gasteiger partial charge < -0.3 is 4.74 Å². The molecule has 3 nitrogen and oxygen atoms in total. The van der Waals surface area contributed by atoms with Crippen LogP contribution in [0.5, 0.6) is 0 Å². The van der Waals surface area contributed by atoms with Crippen molar-refractivity contribution in [1.29, 1.82) is 0 Å². The quantitative estimate of drug-likeness (QED) is 0.621. The van der Waals surface area contributed by atoms with Crippen LogP contribution in [0, 0.1) is 0 Å². The van der Waals surface area contributed by atoms with Crippen molar-refractivity contribution in [2.75, 3.05) is 0 Å². The average molecular weight is 318 g/mol. The van der Waals surface area contributed by atoms with Gasteiger partial charge in [0.1, 0.15) is 0 Å². The number of benzene rings is 2. The van der Waals surface area contributed by atoms with Crippen LogP contribution >= 0.6 is 0 Å². The molecule has 24 heavy (non-hydrogen) atoms. The van der Waals surface area contributed by atoms with Gasteiger partial charge in [-0.3, -0.25) is 0 Å². The number of hydrogen-bond donors (Lipinski definition) is 0. The zero-order valence-corrected chi connectivity index (χ0v) is 13.4. The van der Waals surface area contributed by atoms with Crippen molar-refractivity contribution in [1.82, 2.24) is 0 Å². The summed E-state index contributed by atoms with van der Waals surface area (Å²) >= 11 is 0. The van der Waals surface area contributed by atoms with E-state index in [1.807, 2.05) is 72.8 Å². The van der Waals surface area contributed by atoms with E-state index in [4.69, 9.17) is 0 Å². The third-order valence-corrected chi connectivity index (χ3v) is 3.32. The van der Waals surface area contributed by atoms with Gasteiger partial charge in [0.15, 0.2) is 0 Å². The molecule has 1 aliphatic rings. The number of hydrogen-bond acceptors (Lipinski definition) is 3. The molecule has 0 spiro atoms. The Kier molecular flexibility index (Phi) is 6.03. The minimum atomic E-state index is -0.596. The molecule has 0 bridgehead atoms. The van der Waals surface area contributed by atoms with Crippen molar-refractivity contribution in [2.45, 2.75) is 6.92 Å². The Balaban J connectivity index is 0.000000219. The fourth-order valence-electron chi connectivity index (χ4n) is 2.09. The van der Waals surface area contributed by atoms with Gasteiger partial charge in [-0.2, -0.15) is 0 Å². The van der Waals surface area contributed by atoms with Crippen LogP contribution in [0.1, 0.15) is 18.1 Å².